The van der Waals surface area contributed by atoms with E-state index in [1.807, 2.05) is 39.0 Å². The topological polar surface area (TPSA) is 76.7 Å². The van der Waals surface area contributed by atoms with Crippen LogP contribution in [0.2, 0.25) is 0 Å². The van der Waals surface area contributed by atoms with Crippen molar-refractivity contribution in [3.05, 3.63) is 58.7 Å². The van der Waals surface area contributed by atoms with Gasteiger partial charge < -0.3 is 20.1 Å². The number of carbonyl (C=O) groups is 2. The molecule has 0 radical (unpaired) electrons. The maximum Gasteiger partial charge on any atom is 0.251 e. The van der Waals surface area contributed by atoms with Crippen molar-refractivity contribution in [1.82, 2.24) is 10.6 Å². The number of carbonyl (C=O) groups excluding carboxylic acids is 2. The minimum atomic E-state index is -0.305. The van der Waals surface area contributed by atoms with Crippen LogP contribution in [-0.4, -0.2) is 32.6 Å². The Labute approximate surface area is 159 Å². The number of ether oxygens (including phenoxy) is 2. The summed E-state index contributed by atoms with van der Waals surface area (Å²) in [6, 6.07) is 10.5. The first-order chi connectivity index (χ1) is 12.8. The molecule has 0 saturated carbocycles. The zero-order chi connectivity index (χ0) is 20.0. The van der Waals surface area contributed by atoms with Crippen molar-refractivity contribution < 1.29 is 19.1 Å². The van der Waals surface area contributed by atoms with Gasteiger partial charge in [0, 0.05) is 11.1 Å². The molecule has 0 aliphatic carbocycles. The lowest BCUT2D eigenvalue weighted by atomic mass is 10.1. The standard InChI is InChI=1S/C21H26N2O4/c1-13-6-7-16(10-14(13)2)21(25)22-12-20(24)23-15(3)18-11-17(26-4)8-9-19(18)27-5/h6-11,15H,12H2,1-5H3,(H,22,25)(H,23,24). The molecule has 1 atom stereocenters. The van der Waals surface area contributed by atoms with E-state index in [-0.39, 0.29) is 24.4 Å². The van der Waals surface area contributed by atoms with Crippen LogP contribution in [0.4, 0.5) is 0 Å². The Kier molecular flexibility index (Phi) is 6.82. The van der Waals surface area contributed by atoms with Gasteiger partial charge >= 0.3 is 0 Å². The van der Waals surface area contributed by atoms with Crippen LogP contribution in [0.1, 0.15) is 40.0 Å². The van der Waals surface area contributed by atoms with Gasteiger partial charge in [-0.3, -0.25) is 9.59 Å². The fourth-order valence-corrected chi connectivity index (χ4v) is 2.69. The highest BCUT2D eigenvalue weighted by molar-refractivity contribution is 5.96. The predicted molar refractivity (Wildman–Crippen MR) is 104 cm³/mol. The van der Waals surface area contributed by atoms with E-state index in [1.54, 1.807) is 32.4 Å². The first kappa shape index (κ1) is 20.3. The quantitative estimate of drug-likeness (QED) is 0.786. The van der Waals surface area contributed by atoms with E-state index >= 15 is 0 Å². The monoisotopic (exact) mass is 370 g/mol. The average molecular weight is 370 g/mol. The van der Waals surface area contributed by atoms with Gasteiger partial charge in [0.15, 0.2) is 0 Å². The second-order valence-corrected chi connectivity index (χ2v) is 6.38. The van der Waals surface area contributed by atoms with E-state index in [4.69, 9.17) is 9.47 Å². The van der Waals surface area contributed by atoms with Crippen molar-refractivity contribution in [2.24, 2.45) is 0 Å². The Balaban J connectivity index is 1.97. The molecule has 2 amide bonds. The van der Waals surface area contributed by atoms with Crippen LogP contribution in [0.3, 0.4) is 0 Å². The molecule has 2 aromatic carbocycles. The third-order valence-corrected chi connectivity index (χ3v) is 4.46. The largest absolute Gasteiger partial charge is 0.497 e. The number of aryl methyl sites for hydroxylation is 2. The zero-order valence-corrected chi connectivity index (χ0v) is 16.4. The van der Waals surface area contributed by atoms with Crippen LogP contribution in [0.15, 0.2) is 36.4 Å². The molecule has 2 aromatic rings. The fraction of sp³-hybridized carbons (Fsp3) is 0.333. The zero-order valence-electron chi connectivity index (χ0n) is 16.4. The van der Waals surface area contributed by atoms with Crippen LogP contribution in [0, 0.1) is 13.8 Å². The van der Waals surface area contributed by atoms with Crippen LogP contribution < -0.4 is 20.1 Å². The number of rotatable bonds is 7. The highest BCUT2D eigenvalue weighted by atomic mass is 16.5. The molecule has 0 saturated heterocycles. The Morgan fingerprint density at radius 2 is 1.74 bits per heavy atom. The summed E-state index contributed by atoms with van der Waals surface area (Å²) in [7, 11) is 3.15. The van der Waals surface area contributed by atoms with Gasteiger partial charge in [-0.15, -0.1) is 0 Å². The van der Waals surface area contributed by atoms with E-state index in [0.717, 1.165) is 16.7 Å². The van der Waals surface area contributed by atoms with Gasteiger partial charge in [-0.1, -0.05) is 6.07 Å². The van der Waals surface area contributed by atoms with E-state index in [0.29, 0.717) is 17.1 Å². The number of hydrogen-bond acceptors (Lipinski definition) is 4. The lowest BCUT2D eigenvalue weighted by Crippen LogP contribution is -2.38. The van der Waals surface area contributed by atoms with Gasteiger partial charge in [-0.05, 0) is 62.2 Å². The SMILES string of the molecule is COc1ccc(OC)c(C(C)NC(=O)CNC(=O)c2ccc(C)c(C)c2)c1. The van der Waals surface area contributed by atoms with Gasteiger partial charge in [0.25, 0.3) is 5.91 Å². The fourth-order valence-electron chi connectivity index (χ4n) is 2.69. The summed E-state index contributed by atoms with van der Waals surface area (Å²) in [5, 5.41) is 5.51. The number of hydrogen-bond donors (Lipinski definition) is 2. The molecule has 0 fully saturated rings. The van der Waals surface area contributed by atoms with Crippen molar-refractivity contribution in [2.45, 2.75) is 26.8 Å². The second kappa shape index (κ2) is 9.07. The number of amides is 2. The van der Waals surface area contributed by atoms with Crippen molar-refractivity contribution in [1.29, 1.82) is 0 Å². The number of methoxy groups -OCH3 is 2. The van der Waals surface area contributed by atoms with Crippen molar-refractivity contribution in [3.63, 3.8) is 0 Å². The molecule has 27 heavy (non-hydrogen) atoms. The van der Waals surface area contributed by atoms with Gasteiger partial charge in [0.05, 0.1) is 26.8 Å². The van der Waals surface area contributed by atoms with Gasteiger partial charge in [0.2, 0.25) is 5.91 Å². The smallest absolute Gasteiger partial charge is 0.251 e. The van der Waals surface area contributed by atoms with Crippen LogP contribution >= 0.6 is 0 Å². The molecule has 0 aromatic heterocycles. The normalized spacial score (nSPS) is 11.4. The Bertz CT molecular complexity index is 833. The Hall–Kier alpha value is -3.02. The molecule has 144 valence electrons. The van der Waals surface area contributed by atoms with E-state index < -0.39 is 0 Å². The maximum atomic E-state index is 12.2. The van der Waals surface area contributed by atoms with Gasteiger partial charge in [-0.25, -0.2) is 0 Å². The van der Waals surface area contributed by atoms with Crippen LogP contribution in [0.5, 0.6) is 11.5 Å². The predicted octanol–water partition coefficient (Wildman–Crippen LogP) is 2.93. The Morgan fingerprint density at radius 3 is 2.37 bits per heavy atom. The summed E-state index contributed by atoms with van der Waals surface area (Å²) in [6.45, 7) is 5.67. The van der Waals surface area contributed by atoms with Crippen molar-refractivity contribution in [3.8, 4) is 11.5 Å². The number of benzene rings is 2. The maximum absolute atomic E-state index is 12.2. The minimum absolute atomic E-state index is 0.109. The van der Waals surface area contributed by atoms with E-state index in [2.05, 4.69) is 10.6 Å². The molecule has 2 rings (SSSR count). The highest BCUT2D eigenvalue weighted by Gasteiger charge is 2.16. The third kappa shape index (κ3) is 5.23. The minimum Gasteiger partial charge on any atom is -0.497 e. The van der Waals surface area contributed by atoms with Crippen molar-refractivity contribution >= 4 is 11.8 Å². The summed E-state index contributed by atoms with van der Waals surface area (Å²) >= 11 is 0. The molecule has 0 spiro atoms. The summed E-state index contributed by atoms with van der Waals surface area (Å²) < 4.78 is 10.6. The lowest BCUT2D eigenvalue weighted by Gasteiger charge is -2.18. The molecule has 0 bridgehead atoms. The molecular formula is C21H26N2O4. The molecular weight excluding hydrogens is 344 g/mol. The third-order valence-electron chi connectivity index (χ3n) is 4.46. The Morgan fingerprint density at radius 1 is 1.00 bits per heavy atom. The molecule has 0 aliphatic rings. The van der Waals surface area contributed by atoms with Crippen LogP contribution in [-0.2, 0) is 4.79 Å². The molecule has 0 heterocycles. The van der Waals surface area contributed by atoms with E-state index in [9.17, 15) is 9.59 Å². The molecule has 6 nitrogen and oxygen atoms in total. The van der Waals surface area contributed by atoms with Gasteiger partial charge in [0.1, 0.15) is 11.5 Å². The molecule has 2 N–H and O–H groups in total. The van der Waals surface area contributed by atoms with Crippen LogP contribution in [0.25, 0.3) is 0 Å². The first-order valence-electron chi connectivity index (χ1n) is 8.72. The van der Waals surface area contributed by atoms with Crippen molar-refractivity contribution in [2.75, 3.05) is 20.8 Å². The highest BCUT2D eigenvalue weighted by Crippen LogP contribution is 2.29. The second-order valence-electron chi connectivity index (χ2n) is 6.38. The first-order valence-corrected chi connectivity index (χ1v) is 8.72. The van der Waals surface area contributed by atoms with E-state index in [1.165, 1.54) is 0 Å². The molecule has 0 aliphatic heterocycles. The molecule has 6 heteroatoms. The summed E-state index contributed by atoms with van der Waals surface area (Å²) in [6.07, 6.45) is 0. The summed E-state index contributed by atoms with van der Waals surface area (Å²) in [5.74, 6) is 0.766. The molecule has 1 unspecified atom stereocenters. The summed E-state index contributed by atoms with van der Waals surface area (Å²) in [5.41, 5.74) is 3.48. The van der Waals surface area contributed by atoms with Gasteiger partial charge in [-0.2, -0.15) is 0 Å². The lowest BCUT2D eigenvalue weighted by molar-refractivity contribution is -0.120. The summed E-state index contributed by atoms with van der Waals surface area (Å²) in [4.78, 5) is 24.5. The number of nitrogens with one attached hydrogen (secondary N) is 2. The average Bonchev–Trinajstić information content (AvgIpc) is 2.67.